The summed E-state index contributed by atoms with van der Waals surface area (Å²) < 4.78 is 0. The smallest absolute Gasteiger partial charge is 0.270 e. The number of Topliss-reactive ketones (excluding diaryl/α,β-unsaturated/α-hetero) is 1. The largest absolute Gasteiger partial charge is 0.350 e. The number of anilines is 2. The topological polar surface area (TPSA) is 84.0 Å². The summed E-state index contributed by atoms with van der Waals surface area (Å²) in [5, 5.41) is 6.04. The molecule has 0 spiro atoms. The van der Waals surface area contributed by atoms with Crippen molar-refractivity contribution in [3.63, 3.8) is 0 Å². The summed E-state index contributed by atoms with van der Waals surface area (Å²) in [6.07, 6.45) is 0.754. The lowest BCUT2D eigenvalue weighted by Gasteiger charge is -2.10. The highest BCUT2D eigenvalue weighted by Gasteiger charge is 2.10. The fourth-order valence-corrected chi connectivity index (χ4v) is 2.74. The van der Waals surface area contributed by atoms with Crippen LogP contribution in [-0.2, 0) is 6.42 Å². The van der Waals surface area contributed by atoms with E-state index in [1.54, 1.807) is 37.3 Å². The molecule has 2 N–H and O–H groups in total. The molecule has 142 valence electrons. The summed E-state index contributed by atoms with van der Waals surface area (Å²) in [7, 11) is 0. The Hall–Kier alpha value is -3.54. The number of carbonyl (C=O) groups is 2. The minimum absolute atomic E-state index is 0.0129. The summed E-state index contributed by atoms with van der Waals surface area (Å²) in [6.45, 7) is 3.80. The van der Waals surface area contributed by atoms with Crippen LogP contribution in [0.4, 0.5) is 11.5 Å². The molecule has 0 radical (unpaired) electrons. The van der Waals surface area contributed by atoms with E-state index in [-0.39, 0.29) is 11.7 Å². The predicted molar refractivity (Wildman–Crippen MR) is 109 cm³/mol. The second kappa shape index (κ2) is 8.90. The molecular formula is C22H22N4O2. The number of hydrogen-bond donors (Lipinski definition) is 2. The zero-order valence-electron chi connectivity index (χ0n) is 15.9. The van der Waals surface area contributed by atoms with Crippen molar-refractivity contribution in [1.82, 2.24) is 15.3 Å². The van der Waals surface area contributed by atoms with Crippen LogP contribution in [0, 0.1) is 6.92 Å². The van der Waals surface area contributed by atoms with Gasteiger partial charge in [0.25, 0.3) is 5.91 Å². The van der Waals surface area contributed by atoms with Crippen molar-refractivity contribution >= 4 is 23.2 Å². The molecular weight excluding hydrogens is 352 g/mol. The molecule has 0 aliphatic heterocycles. The van der Waals surface area contributed by atoms with Gasteiger partial charge in [0.15, 0.2) is 5.78 Å². The first kappa shape index (κ1) is 19.2. The van der Waals surface area contributed by atoms with Crippen LogP contribution in [0.3, 0.4) is 0 Å². The van der Waals surface area contributed by atoms with Crippen molar-refractivity contribution in [2.24, 2.45) is 0 Å². The minimum Gasteiger partial charge on any atom is -0.350 e. The third kappa shape index (κ3) is 5.23. The molecule has 6 nitrogen and oxygen atoms in total. The average molecular weight is 374 g/mol. The highest BCUT2D eigenvalue weighted by molar-refractivity contribution is 5.94. The Labute approximate surface area is 164 Å². The van der Waals surface area contributed by atoms with E-state index < -0.39 is 0 Å². The van der Waals surface area contributed by atoms with Crippen molar-refractivity contribution < 1.29 is 9.59 Å². The number of ketones is 1. The Bertz CT molecular complexity index is 970. The Morgan fingerprint density at radius 1 is 0.964 bits per heavy atom. The highest BCUT2D eigenvalue weighted by atomic mass is 16.1. The third-order valence-corrected chi connectivity index (χ3v) is 4.18. The molecule has 0 unspecified atom stereocenters. The fourth-order valence-electron chi connectivity index (χ4n) is 2.74. The molecule has 1 heterocycles. The van der Waals surface area contributed by atoms with Crippen LogP contribution in [0.2, 0.25) is 0 Å². The lowest BCUT2D eigenvalue weighted by molar-refractivity contribution is 0.0947. The quantitative estimate of drug-likeness (QED) is 0.616. The van der Waals surface area contributed by atoms with E-state index >= 15 is 0 Å². The normalized spacial score (nSPS) is 10.4. The molecule has 0 saturated heterocycles. The van der Waals surface area contributed by atoms with Gasteiger partial charge in [-0.3, -0.25) is 9.59 Å². The SMILES string of the molecule is CC(=O)c1ccc(Nc2cc(C(=O)NCCc3ccccc3)nc(C)n2)cc1. The van der Waals surface area contributed by atoms with Gasteiger partial charge < -0.3 is 10.6 Å². The monoisotopic (exact) mass is 374 g/mol. The zero-order valence-corrected chi connectivity index (χ0v) is 15.9. The number of carbonyl (C=O) groups excluding carboxylic acids is 2. The molecule has 0 aliphatic rings. The molecule has 1 amide bonds. The van der Waals surface area contributed by atoms with Gasteiger partial charge in [0.1, 0.15) is 17.3 Å². The summed E-state index contributed by atoms with van der Waals surface area (Å²) >= 11 is 0. The molecule has 6 heteroatoms. The Morgan fingerprint density at radius 2 is 1.68 bits per heavy atom. The Morgan fingerprint density at radius 3 is 2.36 bits per heavy atom. The van der Waals surface area contributed by atoms with Crippen LogP contribution in [-0.4, -0.2) is 28.2 Å². The number of aryl methyl sites for hydroxylation is 1. The van der Waals surface area contributed by atoms with Gasteiger partial charge in [-0.05, 0) is 50.1 Å². The van der Waals surface area contributed by atoms with E-state index in [9.17, 15) is 9.59 Å². The molecule has 28 heavy (non-hydrogen) atoms. The van der Waals surface area contributed by atoms with Gasteiger partial charge >= 0.3 is 0 Å². The number of nitrogens with one attached hydrogen (secondary N) is 2. The van der Waals surface area contributed by atoms with Crippen molar-refractivity contribution in [1.29, 1.82) is 0 Å². The van der Waals surface area contributed by atoms with Crippen molar-refractivity contribution in [2.75, 3.05) is 11.9 Å². The van der Waals surface area contributed by atoms with Gasteiger partial charge in [-0.1, -0.05) is 30.3 Å². The maximum absolute atomic E-state index is 12.4. The average Bonchev–Trinajstić information content (AvgIpc) is 2.68. The van der Waals surface area contributed by atoms with E-state index in [4.69, 9.17) is 0 Å². The molecule has 0 aliphatic carbocycles. The number of benzene rings is 2. The standard InChI is InChI=1S/C22H22N4O2/c1-15(27)18-8-10-19(11-9-18)26-21-14-20(24-16(2)25-21)22(28)23-13-12-17-6-4-3-5-7-17/h3-11,14H,12-13H2,1-2H3,(H,23,28)(H,24,25,26). The Balaban J connectivity index is 1.64. The van der Waals surface area contributed by atoms with E-state index in [0.717, 1.165) is 17.7 Å². The molecule has 3 aromatic rings. The van der Waals surface area contributed by atoms with Crippen LogP contribution in [0.5, 0.6) is 0 Å². The maximum atomic E-state index is 12.4. The van der Waals surface area contributed by atoms with Gasteiger partial charge in [0.05, 0.1) is 0 Å². The van der Waals surface area contributed by atoms with Crippen LogP contribution < -0.4 is 10.6 Å². The summed E-state index contributed by atoms with van der Waals surface area (Å²) in [4.78, 5) is 32.4. The number of rotatable bonds is 7. The first-order valence-electron chi connectivity index (χ1n) is 9.07. The van der Waals surface area contributed by atoms with Gasteiger partial charge in [0, 0.05) is 23.9 Å². The number of aromatic nitrogens is 2. The van der Waals surface area contributed by atoms with Crippen molar-refractivity contribution in [3.05, 3.63) is 83.3 Å². The highest BCUT2D eigenvalue weighted by Crippen LogP contribution is 2.16. The van der Waals surface area contributed by atoms with Crippen LogP contribution in [0.15, 0.2) is 60.7 Å². The van der Waals surface area contributed by atoms with Gasteiger partial charge in [-0.15, -0.1) is 0 Å². The van der Waals surface area contributed by atoms with Gasteiger partial charge in [-0.2, -0.15) is 0 Å². The van der Waals surface area contributed by atoms with E-state index in [1.165, 1.54) is 6.92 Å². The summed E-state index contributed by atoms with van der Waals surface area (Å²) in [5.41, 5.74) is 2.89. The maximum Gasteiger partial charge on any atom is 0.270 e. The number of amides is 1. The van der Waals surface area contributed by atoms with Crippen LogP contribution >= 0.6 is 0 Å². The lowest BCUT2D eigenvalue weighted by atomic mass is 10.1. The Kier molecular flexibility index (Phi) is 6.11. The molecule has 1 aromatic heterocycles. The first-order valence-corrected chi connectivity index (χ1v) is 9.07. The summed E-state index contributed by atoms with van der Waals surface area (Å²) in [5.74, 6) is 0.796. The molecule has 0 fully saturated rings. The van der Waals surface area contributed by atoms with Crippen LogP contribution in [0.1, 0.15) is 39.2 Å². The van der Waals surface area contributed by atoms with Crippen molar-refractivity contribution in [3.8, 4) is 0 Å². The van der Waals surface area contributed by atoms with Crippen LogP contribution in [0.25, 0.3) is 0 Å². The zero-order chi connectivity index (χ0) is 19.9. The predicted octanol–water partition coefficient (Wildman–Crippen LogP) is 3.70. The third-order valence-electron chi connectivity index (χ3n) is 4.18. The molecule has 2 aromatic carbocycles. The second-order valence-corrected chi connectivity index (χ2v) is 6.44. The van der Waals surface area contributed by atoms with E-state index in [1.807, 2.05) is 30.3 Å². The second-order valence-electron chi connectivity index (χ2n) is 6.44. The van der Waals surface area contributed by atoms with E-state index in [0.29, 0.717) is 29.4 Å². The lowest BCUT2D eigenvalue weighted by Crippen LogP contribution is -2.27. The molecule has 0 bridgehead atoms. The molecule has 3 rings (SSSR count). The molecule has 0 atom stereocenters. The van der Waals surface area contributed by atoms with Gasteiger partial charge in [-0.25, -0.2) is 9.97 Å². The summed E-state index contributed by atoms with van der Waals surface area (Å²) in [6, 6.07) is 18.7. The van der Waals surface area contributed by atoms with E-state index in [2.05, 4.69) is 20.6 Å². The number of hydrogen-bond acceptors (Lipinski definition) is 5. The first-order chi connectivity index (χ1) is 13.5. The van der Waals surface area contributed by atoms with Crippen molar-refractivity contribution in [2.45, 2.75) is 20.3 Å². The number of nitrogens with zero attached hydrogens (tertiary/aromatic N) is 2. The van der Waals surface area contributed by atoms with Gasteiger partial charge in [0.2, 0.25) is 0 Å². The minimum atomic E-state index is -0.239. The molecule has 0 saturated carbocycles. The fraction of sp³-hybridized carbons (Fsp3) is 0.182.